The second-order valence-corrected chi connectivity index (χ2v) is 6.86. The van der Waals surface area contributed by atoms with Crippen molar-refractivity contribution in [2.45, 2.75) is 84.2 Å². The summed E-state index contributed by atoms with van der Waals surface area (Å²) in [6, 6.07) is 0. The number of hydrogen-bond acceptors (Lipinski definition) is 4. The summed E-state index contributed by atoms with van der Waals surface area (Å²) in [6.07, 6.45) is 10.1. The van der Waals surface area contributed by atoms with E-state index in [0.29, 0.717) is 6.42 Å². The van der Waals surface area contributed by atoms with Crippen LogP contribution in [0, 0.1) is 0 Å². The van der Waals surface area contributed by atoms with Crippen molar-refractivity contribution >= 4 is 13.8 Å². The van der Waals surface area contributed by atoms with Gasteiger partial charge in [0.25, 0.3) is 0 Å². The summed E-state index contributed by atoms with van der Waals surface area (Å²) < 4.78 is 19.9. The van der Waals surface area contributed by atoms with Gasteiger partial charge in [-0.25, -0.2) is 4.57 Å². The molecule has 2 N–H and O–H groups in total. The van der Waals surface area contributed by atoms with Crippen molar-refractivity contribution in [1.29, 1.82) is 0 Å². The Balaban J connectivity index is 3.41. The Morgan fingerprint density at radius 1 is 1.00 bits per heavy atom. The van der Waals surface area contributed by atoms with Gasteiger partial charge in [-0.05, 0) is 13.3 Å². The predicted molar refractivity (Wildman–Crippen MR) is 85.4 cm³/mol. The Bertz CT molecular complexity index is 328. The van der Waals surface area contributed by atoms with Gasteiger partial charge >= 0.3 is 13.8 Å². The minimum atomic E-state index is -4.52. The quantitative estimate of drug-likeness (QED) is 0.283. The molecular weight excluding hydrogens is 307 g/mol. The van der Waals surface area contributed by atoms with Crippen LogP contribution in [0.25, 0.3) is 0 Å². The lowest BCUT2D eigenvalue weighted by molar-refractivity contribution is -0.146. The van der Waals surface area contributed by atoms with E-state index >= 15 is 0 Å². The predicted octanol–water partition coefficient (Wildman–Crippen LogP) is 3.95. The van der Waals surface area contributed by atoms with E-state index < -0.39 is 13.9 Å². The third-order valence-corrected chi connectivity index (χ3v) is 3.92. The van der Waals surface area contributed by atoms with Gasteiger partial charge in [-0.2, -0.15) is 0 Å². The van der Waals surface area contributed by atoms with Crippen LogP contribution in [0.15, 0.2) is 0 Å². The number of carbonyl (C=O) groups excluding carboxylic acids is 1. The van der Waals surface area contributed by atoms with Crippen LogP contribution in [-0.4, -0.2) is 28.5 Å². The lowest BCUT2D eigenvalue weighted by Gasteiger charge is -2.13. The maximum atomic E-state index is 11.4. The normalized spacial score (nSPS) is 13.1. The van der Waals surface area contributed by atoms with Gasteiger partial charge in [0, 0.05) is 6.42 Å². The third kappa shape index (κ3) is 16.0. The van der Waals surface area contributed by atoms with E-state index in [9.17, 15) is 9.36 Å². The van der Waals surface area contributed by atoms with Gasteiger partial charge in [-0.15, -0.1) is 0 Å². The van der Waals surface area contributed by atoms with Gasteiger partial charge in [-0.1, -0.05) is 58.3 Å². The van der Waals surface area contributed by atoms with Crippen LogP contribution >= 0.6 is 7.82 Å². The maximum absolute atomic E-state index is 11.4. The van der Waals surface area contributed by atoms with Crippen LogP contribution in [0.5, 0.6) is 0 Å². The van der Waals surface area contributed by atoms with Crippen LogP contribution in [0.4, 0.5) is 0 Å². The number of phosphoric ester groups is 1. The zero-order valence-corrected chi connectivity index (χ0v) is 14.7. The fourth-order valence-corrected chi connectivity index (χ4v) is 2.66. The highest BCUT2D eigenvalue weighted by Crippen LogP contribution is 2.37. The highest BCUT2D eigenvalue weighted by Gasteiger charge is 2.19. The smallest absolute Gasteiger partial charge is 0.463 e. The molecule has 0 radical (unpaired) electrons. The van der Waals surface area contributed by atoms with E-state index in [4.69, 9.17) is 14.5 Å². The van der Waals surface area contributed by atoms with Crippen molar-refractivity contribution in [2.75, 3.05) is 6.61 Å². The minimum absolute atomic E-state index is 0.138. The maximum Gasteiger partial charge on any atom is 0.469 e. The van der Waals surface area contributed by atoms with E-state index in [2.05, 4.69) is 11.4 Å². The van der Waals surface area contributed by atoms with Crippen LogP contribution < -0.4 is 0 Å². The fourth-order valence-electron chi connectivity index (χ4n) is 2.13. The molecule has 7 heteroatoms. The zero-order chi connectivity index (χ0) is 16.8. The first-order valence-corrected chi connectivity index (χ1v) is 9.77. The second-order valence-electron chi connectivity index (χ2n) is 5.67. The molecule has 1 unspecified atom stereocenters. The summed E-state index contributed by atoms with van der Waals surface area (Å²) in [5.74, 6) is -0.343. The van der Waals surface area contributed by atoms with Gasteiger partial charge in [0.05, 0.1) is 0 Å². The van der Waals surface area contributed by atoms with E-state index in [1.807, 2.05) is 0 Å². The first kappa shape index (κ1) is 21.6. The molecule has 1 atom stereocenters. The number of carbonyl (C=O) groups is 1. The first-order valence-electron chi connectivity index (χ1n) is 8.24. The van der Waals surface area contributed by atoms with E-state index in [-0.39, 0.29) is 12.6 Å². The summed E-state index contributed by atoms with van der Waals surface area (Å²) in [5, 5.41) is 0. The lowest BCUT2D eigenvalue weighted by Crippen LogP contribution is -2.18. The van der Waals surface area contributed by atoms with Crippen molar-refractivity contribution in [3.63, 3.8) is 0 Å². The van der Waals surface area contributed by atoms with Crippen LogP contribution in [0.3, 0.4) is 0 Å². The SMILES string of the molecule is CCCCCCCCCCCC(=O)OCC(C)OP(=O)(O)O. The summed E-state index contributed by atoms with van der Waals surface area (Å²) in [6.45, 7) is 3.52. The number of phosphoric acid groups is 1. The molecular formula is C15H31O6P. The number of unbranched alkanes of at least 4 members (excludes halogenated alkanes) is 8. The van der Waals surface area contributed by atoms with E-state index in [0.717, 1.165) is 19.3 Å². The summed E-state index contributed by atoms with van der Waals surface area (Å²) >= 11 is 0. The molecule has 0 saturated heterocycles. The monoisotopic (exact) mass is 338 g/mol. The Hall–Kier alpha value is -0.420. The first-order chi connectivity index (χ1) is 10.3. The largest absolute Gasteiger partial charge is 0.469 e. The molecule has 0 amide bonds. The van der Waals surface area contributed by atoms with Crippen molar-refractivity contribution in [2.24, 2.45) is 0 Å². The minimum Gasteiger partial charge on any atom is -0.463 e. The highest BCUT2D eigenvalue weighted by molar-refractivity contribution is 7.46. The highest BCUT2D eigenvalue weighted by atomic mass is 31.2. The molecule has 0 aliphatic rings. The van der Waals surface area contributed by atoms with Crippen LogP contribution in [0.1, 0.15) is 78.1 Å². The number of ether oxygens (including phenoxy) is 1. The molecule has 0 fully saturated rings. The van der Waals surface area contributed by atoms with Crippen LogP contribution in [0.2, 0.25) is 0 Å². The molecule has 0 aromatic rings. The summed E-state index contributed by atoms with van der Waals surface area (Å²) in [5.41, 5.74) is 0. The molecule has 0 aromatic heterocycles. The molecule has 0 heterocycles. The second kappa shape index (κ2) is 13.1. The van der Waals surface area contributed by atoms with Crippen molar-refractivity contribution in [1.82, 2.24) is 0 Å². The zero-order valence-electron chi connectivity index (χ0n) is 13.8. The fraction of sp³-hybridized carbons (Fsp3) is 0.933. The Labute approximate surface area is 133 Å². The topological polar surface area (TPSA) is 93.1 Å². The molecule has 0 aliphatic heterocycles. The van der Waals surface area contributed by atoms with Crippen molar-refractivity contribution < 1.29 is 28.4 Å². The molecule has 0 bridgehead atoms. The Morgan fingerprint density at radius 2 is 1.50 bits per heavy atom. The molecule has 22 heavy (non-hydrogen) atoms. The molecule has 0 aromatic carbocycles. The number of rotatable bonds is 14. The lowest BCUT2D eigenvalue weighted by atomic mass is 10.1. The Kier molecular flexibility index (Phi) is 12.8. The molecule has 0 spiro atoms. The van der Waals surface area contributed by atoms with Gasteiger partial charge in [0.15, 0.2) is 0 Å². The Morgan fingerprint density at radius 3 is 2.00 bits per heavy atom. The van der Waals surface area contributed by atoms with Crippen LogP contribution in [-0.2, 0) is 18.6 Å². The van der Waals surface area contributed by atoms with E-state index in [1.165, 1.54) is 45.4 Å². The van der Waals surface area contributed by atoms with Gasteiger partial charge < -0.3 is 14.5 Å². The summed E-state index contributed by atoms with van der Waals surface area (Å²) in [4.78, 5) is 28.6. The van der Waals surface area contributed by atoms with Gasteiger partial charge in [0.2, 0.25) is 0 Å². The average Bonchev–Trinajstić information content (AvgIpc) is 2.41. The van der Waals surface area contributed by atoms with Gasteiger partial charge in [-0.3, -0.25) is 9.32 Å². The standard InChI is InChI=1S/C15H31O6P/c1-3-4-5-6-7-8-9-10-11-12-15(16)20-13-14(2)21-22(17,18)19/h14H,3-13H2,1-2H3,(H2,17,18,19). The molecule has 0 aliphatic carbocycles. The van der Waals surface area contributed by atoms with E-state index in [1.54, 1.807) is 0 Å². The average molecular weight is 338 g/mol. The molecule has 6 nitrogen and oxygen atoms in total. The number of hydrogen-bond donors (Lipinski definition) is 2. The molecule has 132 valence electrons. The van der Waals surface area contributed by atoms with Gasteiger partial charge in [0.1, 0.15) is 12.7 Å². The third-order valence-electron chi connectivity index (χ3n) is 3.28. The molecule has 0 saturated carbocycles. The van der Waals surface area contributed by atoms with Crippen molar-refractivity contribution in [3.05, 3.63) is 0 Å². The summed E-state index contributed by atoms with van der Waals surface area (Å²) in [7, 11) is -4.52. The molecule has 0 rings (SSSR count). The number of esters is 1. The van der Waals surface area contributed by atoms with Crippen molar-refractivity contribution in [3.8, 4) is 0 Å².